The third kappa shape index (κ3) is 2.97. The average Bonchev–Trinajstić information content (AvgIpc) is 2.62. The van der Waals surface area contributed by atoms with Gasteiger partial charge in [0.15, 0.2) is 0 Å². The minimum Gasteiger partial charge on any atom is -0.507 e. The summed E-state index contributed by atoms with van der Waals surface area (Å²) in [6.07, 6.45) is 9.90. The number of aromatic hydroxyl groups is 1. The fourth-order valence-electron chi connectivity index (χ4n) is 6.31. The highest BCUT2D eigenvalue weighted by atomic mass is 19.1. The highest BCUT2D eigenvalue weighted by molar-refractivity contribution is 5.85. The molecule has 0 unspecified atom stereocenters. The molecule has 1 N–H and O–H groups in total. The van der Waals surface area contributed by atoms with Crippen LogP contribution < -0.4 is 0 Å². The van der Waals surface area contributed by atoms with Gasteiger partial charge in [0.2, 0.25) is 0 Å². The van der Waals surface area contributed by atoms with Crippen LogP contribution in [0, 0.1) is 30.5 Å². The third-order valence-electron chi connectivity index (χ3n) is 7.17. The summed E-state index contributed by atoms with van der Waals surface area (Å²) in [5.74, 6) is 2.71. The molecule has 0 aliphatic heterocycles. The number of rotatable bonds is 3. The van der Waals surface area contributed by atoms with Crippen molar-refractivity contribution in [2.45, 2.75) is 50.9 Å². The van der Waals surface area contributed by atoms with Crippen LogP contribution >= 0.6 is 0 Å². The van der Waals surface area contributed by atoms with Crippen molar-refractivity contribution in [3.8, 4) is 5.75 Å². The summed E-state index contributed by atoms with van der Waals surface area (Å²) in [7, 11) is 0. The quantitative estimate of drug-likeness (QED) is 0.661. The van der Waals surface area contributed by atoms with Crippen LogP contribution in [0.25, 0.3) is 0 Å². The molecule has 0 spiro atoms. The standard InChI is InChI=1S/C24H26FNO/c1-15-6-21(3-4-22(15)25)26-14-19-10-20(2-5-23(19)27)24-11-16-7-17(12-24)9-18(8-16)13-24/h2-6,10,14,16-18,27H,7-9,11-13H2,1H3. The maximum absolute atomic E-state index is 13.4. The van der Waals surface area contributed by atoms with Gasteiger partial charge < -0.3 is 5.11 Å². The van der Waals surface area contributed by atoms with E-state index in [1.165, 1.54) is 50.2 Å². The van der Waals surface area contributed by atoms with E-state index >= 15 is 0 Å². The first-order valence-corrected chi connectivity index (χ1v) is 10.1. The topological polar surface area (TPSA) is 32.6 Å². The van der Waals surface area contributed by atoms with Gasteiger partial charge in [-0.25, -0.2) is 4.39 Å². The molecule has 0 heterocycles. The molecule has 0 aromatic heterocycles. The summed E-state index contributed by atoms with van der Waals surface area (Å²) in [6.45, 7) is 1.74. The van der Waals surface area contributed by atoms with Crippen LogP contribution in [-0.4, -0.2) is 11.3 Å². The number of hydrogen-bond donors (Lipinski definition) is 1. The number of halogens is 1. The van der Waals surface area contributed by atoms with Crippen LogP contribution in [0.3, 0.4) is 0 Å². The van der Waals surface area contributed by atoms with Crippen molar-refractivity contribution in [3.63, 3.8) is 0 Å². The lowest BCUT2D eigenvalue weighted by Gasteiger charge is -2.57. The van der Waals surface area contributed by atoms with Gasteiger partial charge in [0.1, 0.15) is 11.6 Å². The van der Waals surface area contributed by atoms with E-state index in [4.69, 9.17) is 0 Å². The summed E-state index contributed by atoms with van der Waals surface area (Å²) in [5, 5.41) is 10.3. The lowest BCUT2D eigenvalue weighted by Crippen LogP contribution is -2.48. The van der Waals surface area contributed by atoms with Crippen LogP contribution in [0.15, 0.2) is 41.4 Å². The normalized spacial score (nSPS) is 31.7. The van der Waals surface area contributed by atoms with Crippen LogP contribution in [0.4, 0.5) is 10.1 Å². The number of aliphatic imine (C=N–C) groups is 1. The molecule has 0 atom stereocenters. The van der Waals surface area contributed by atoms with Gasteiger partial charge in [0, 0.05) is 11.8 Å². The Balaban J connectivity index is 1.46. The van der Waals surface area contributed by atoms with Crippen LogP contribution in [0.1, 0.15) is 55.2 Å². The van der Waals surface area contributed by atoms with E-state index in [-0.39, 0.29) is 11.6 Å². The molecular weight excluding hydrogens is 337 g/mol. The second-order valence-corrected chi connectivity index (χ2v) is 9.16. The molecule has 4 aliphatic carbocycles. The number of nitrogens with zero attached hydrogens (tertiary/aromatic N) is 1. The first-order valence-electron chi connectivity index (χ1n) is 10.1. The van der Waals surface area contributed by atoms with Gasteiger partial charge in [0.25, 0.3) is 0 Å². The molecule has 2 aromatic rings. The van der Waals surface area contributed by atoms with Crippen molar-refractivity contribution >= 4 is 11.9 Å². The Bertz CT molecular complexity index is 881. The van der Waals surface area contributed by atoms with Gasteiger partial charge >= 0.3 is 0 Å². The Hall–Kier alpha value is -2.16. The van der Waals surface area contributed by atoms with E-state index in [0.29, 0.717) is 16.7 Å². The Morgan fingerprint density at radius 2 is 1.67 bits per heavy atom. The Labute approximate surface area is 160 Å². The number of aryl methyl sites for hydroxylation is 1. The number of phenols is 1. The van der Waals surface area contributed by atoms with Crippen molar-refractivity contribution in [1.82, 2.24) is 0 Å². The fourth-order valence-corrected chi connectivity index (χ4v) is 6.31. The number of hydrogen-bond acceptors (Lipinski definition) is 2. The molecule has 0 radical (unpaired) electrons. The Morgan fingerprint density at radius 1 is 1.00 bits per heavy atom. The fraction of sp³-hybridized carbons (Fsp3) is 0.458. The summed E-state index contributed by atoms with van der Waals surface area (Å²) < 4.78 is 13.4. The molecule has 4 fully saturated rings. The molecule has 6 rings (SSSR count). The number of benzene rings is 2. The molecule has 4 saturated carbocycles. The monoisotopic (exact) mass is 363 g/mol. The molecule has 140 valence electrons. The zero-order valence-corrected chi connectivity index (χ0v) is 15.8. The van der Waals surface area contributed by atoms with E-state index in [2.05, 4.69) is 17.1 Å². The average molecular weight is 363 g/mol. The van der Waals surface area contributed by atoms with Gasteiger partial charge in [-0.3, -0.25) is 4.99 Å². The van der Waals surface area contributed by atoms with Crippen molar-refractivity contribution in [1.29, 1.82) is 0 Å². The zero-order valence-electron chi connectivity index (χ0n) is 15.8. The summed E-state index contributed by atoms with van der Waals surface area (Å²) in [6, 6.07) is 10.9. The second-order valence-electron chi connectivity index (χ2n) is 9.16. The highest BCUT2D eigenvalue weighted by Crippen LogP contribution is 2.60. The molecule has 2 aromatic carbocycles. The smallest absolute Gasteiger partial charge is 0.126 e. The van der Waals surface area contributed by atoms with E-state index < -0.39 is 0 Å². The molecule has 3 heteroatoms. The van der Waals surface area contributed by atoms with E-state index in [0.717, 1.165) is 23.3 Å². The zero-order chi connectivity index (χ0) is 18.6. The molecule has 27 heavy (non-hydrogen) atoms. The van der Waals surface area contributed by atoms with E-state index in [1.807, 2.05) is 6.07 Å². The van der Waals surface area contributed by atoms with Gasteiger partial charge in [-0.05, 0) is 110 Å². The first-order chi connectivity index (χ1) is 13.0. The van der Waals surface area contributed by atoms with Crippen molar-refractivity contribution in [2.24, 2.45) is 22.7 Å². The van der Waals surface area contributed by atoms with Crippen LogP contribution in [0.2, 0.25) is 0 Å². The Kier molecular flexibility index (Phi) is 3.89. The van der Waals surface area contributed by atoms with E-state index in [1.54, 1.807) is 25.3 Å². The second kappa shape index (κ2) is 6.19. The Morgan fingerprint density at radius 3 is 2.30 bits per heavy atom. The third-order valence-corrected chi connectivity index (χ3v) is 7.17. The van der Waals surface area contributed by atoms with Gasteiger partial charge in [0.05, 0.1) is 5.69 Å². The summed E-state index contributed by atoms with van der Waals surface area (Å²) in [5.41, 5.74) is 3.71. The minimum absolute atomic E-state index is 0.222. The van der Waals surface area contributed by atoms with E-state index in [9.17, 15) is 9.50 Å². The molecule has 0 amide bonds. The largest absolute Gasteiger partial charge is 0.507 e. The molecular formula is C24H26FNO. The predicted octanol–water partition coefficient (Wildman–Crippen LogP) is 6.06. The molecule has 0 saturated heterocycles. The van der Waals surface area contributed by atoms with Crippen molar-refractivity contribution < 1.29 is 9.50 Å². The minimum atomic E-state index is -0.222. The molecule has 2 nitrogen and oxygen atoms in total. The van der Waals surface area contributed by atoms with Gasteiger partial charge in [-0.2, -0.15) is 0 Å². The summed E-state index contributed by atoms with van der Waals surface area (Å²) >= 11 is 0. The van der Waals surface area contributed by atoms with Crippen LogP contribution in [-0.2, 0) is 5.41 Å². The molecule has 4 bridgehead atoms. The lowest BCUT2D eigenvalue weighted by atomic mass is 9.48. The van der Waals surface area contributed by atoms with Crippen molar-refractivity contribution in [2.75, 3.05) is 0 Å². The lowest BCUT2D eigenvalue weighted by molar-refractivity contribution is -0.00520. The predicted molar refractivity (Wildman–Crippen MR) is 106 cm³/mol. The van der Waals surface area contributed by atoms with Gasteiger partial charge in [-0.15, -0.1) is 0 Å². The SMILES string of the molecule is Cc1cc(N=Cc2cc(C34CC5CC(CC(C5)C3)C4)ccc2O)ccc1F. The first kappa shape index (κ1) is 17.0. The summed E-state index contributed by atoms with van der Waals surface area (Å²) in [4.78, 5) is 4.48. The van der Waals surface area contributed by atoms with Crippen LogP contribution in [0.5, 0.6) is 5.75 Å². The highest BCUT2D eigenvalue weighted by Gasteiger charge is 2.51. The van der Waals surface area contributed by atoms with Crippen molar-refractivity contribution in [3.05, 3.63) is 58.9 Å². The maximum Gasteiger partial charge on any atom is 0.126 e. The van der Waals surface area contributed by atoms with Gasteiger partial charge in [-0.1, -0.05) is 6.07 Å². The molecule has 4 aliphatic rings. The maximum atomic E-state index is 13.4. The number of phenolic OH excluding ortho intramolecular Hbond substituents is 1.